The Morgan fingerprint density at radius 1 is 0.677 bits per heavy atom. The molecule has 4 heteroatoms. The Hall–Kier alpha value is -1.84. The number of esters is 2. The van der Waals surface area contributed by atoms with E-state index in [-0.39, 0.29) is 0 Å². The van der Waals surface area contributed by atoms with Gasteiger partial charge in [0.05, 0.1) is 24.3 Å². The van der Waals surface area contributed by atoms with E-state index in [0.29, 0.717) is 30.3 Å². The van der Waals surface area contributed by atoms with E-state index in [9.17, 15) is 9.59 Å². The van der Waals surface area contributed by atoms with Gasteiger partial charge >= 0.3 is 11.9 Å². The first-order valence-electron chi connectivity index (χ1n) is 12.6. The van der Waals surface area contributed by atoms with Gasteiger partial charge in [-0.3, -0.25) is 0 Å². The fourth-order valence-corrected chi connectivity index (χ4v) is 3.89. The van der Waals surface area contributed by atoms with Crippen LogP contribution >= 0.6 is 0 Å². The Morgan fingerprint density at radius 3 is 1.68 bits per heavy atom. The quantitative estimate of drug-likeness (QED) is 0.176. The molecule has 31 heavy (non-hydrogen) atoms. The normalized spacial score (nSPS) is 11.0. The molecule has 0 aromatic heterocycles. The molecule has 0 spiro atoms. The van der Waals surface area contributed by atoms with E-state index in [0.717, 1.165) is 38.5 Å². The van der Waals surface area contributed by atoms with E-state index in [4.69, 9.17) is 9.47 Å². The maximum atomic E-state index is 12.6. The van der Waals surface area contributed by atoms with Gasteiger partial charge in [-0.05, 0) is 37.3 Å². The van der Waals surface area contributed by atoms with Gasteiger partial charge in [0.25, 0.3) is 0 Å². The van der Waals surface area contributed by atoms with Crippen LogP contribution in [0, 0.1) is 5.92 Å². The van der Waals surface area contributed by atoms with Crippen molar-refractivity contribution in [2.75, 3.05) is 13.2 Å². The van der Waals surface area contributed by atoms with Gasteiger partial charge in [0, 0.05) is 0 Å². The van der Waals surface area contributed by atoms with Gasteiger partial charge in [-0.1, -0.05) is 97.1 Å². The fourth-order valence-electron chi connectivity index (χ4n) is 3.89. The number of hydrogen-bond acceptors (Lipinski definition) is 4. The number of ether oxygens (including phenoxy) is 2. The molecule has 0 N–H and O–H groups in total. The molecule has 0 saturated carbocycles. The van der Waals surface area contributed by atoms with Crippen LogP contribution in [0.4, 0.5) is 0 Å². The van der Waals surface area contributed by atoms with Gasteiger partial charge in [0.2, 0.25) is 0 Å². The van der Waals surface area contributed by atoms with Crippen molar-refractivity contribution in [3.8, 4) is 0 Å². The van der Waals surface area contributed by atoms with Crippen molar-refractivity contribution in [3.63, 3.8) is 0 Å². The van der Waals surface area contributed by atoms with E-state index in [1.165, 1.54) is 44.9 Å². The second-order valence-corrected chi connectivity index (χ2v) is 8.55. The zero-order valence-electron chi connectivity index (χ0n) is 20.1. The summed E-state index contributed by atoms with van der Waals surface area (Å²) in [5.74, 6) is -0.497. The number of hydrogen-bond donors (Lipinski definition) is 0. The monoisotopic (exact) mass is 432 g/mol. The molecule has 1 rings (SSSR count). The molecule has 0 saturated heterocycles. The summed E-state index contributed by atoms with van der Waals surface area (Å²) in [6.45, 7) is 7.32. The van der Waals surface area contributed by atoms with E-state index in [2.05, 4.69) is 20.8 Å². The van der Waals surface area contributed by atoms with Crippen LogP contribution in [0.3, 0.4) is 0 Å². The van der Waals surface area contributed by atoms with E-state index < -0.39 is 11.9 Å². The molecular weight excluding hydrogens is 388 g/mol. The fraction of sp³-hybridized carbons (Fsp3) is 0.704. The zero-order chi connectivity index (χ0) is 22.7. The van der Waals surface area contributed by atoms with Gasteiger partial charge in [0.1, 0.15) is 0 Å². The van der Waals surface area contributed by atoms with Gasteiger partial charge in [-0.25, -0.2) is 9.59 Å². The van der Waals surface area contributed by atoms with Crippen molar-refractivity contribution in [2.24, 2.45) is 5.92 Å². The number of benzene rings is 1. The molecule has 0 unspecified atom stereocenters. The zero-order valence-corrected chi connectivity index (χ0v) is 20.1. The van der Waals surface area contributed by atoms with Crippen molar-refractivity contribution in [1.82, 2.24) is 0 Å². The van der Waals surface area contributed by atoms with Crippen LogP contribution < -0.4 is 0 Å². The van der Waals surface area contributed by atoms with Gasteiger partial charge in [-0.2, -0.15) is 0 Å². The Kier molecular flexibility index (Phi) is 15.6. The highest BCUT2D eigenvalue weighted by Gasteiger charge is 2.20. The minimum absolute atomic E-state index is 0.297. The maximum absolute atomic E-state index is 12.6. The second kappa shape index (κ2) is 17.8. The second-order valence-electron chi connectivity index (χ2n) is 8.55. The van der Waals surface area contributed by atoms with Gasteiger partial charge in [-0.15, -0.1) is 0 Å². The summed E-state index contributed by atoms with van der Waals surface area (Å²) in [6, 6.07) is 6.79. The van der Waals surface area contributed by atoms with Crippen molar-refractivity contribution in [3.05, 3.63) is 35.4 Å². The molecule has 0 heterocycles. The van der Waals surface area contributed by atoms with Crippen LogP contribution in [0.2, 0.25) is 0 Å². The third-order valence-corrected chi connectivity index (χ3v) is 5.69. The van der Waals surface area contributed by atoms with E-state index in [1.807, 2.05) is 0 Å². The van der Waals surface area contributed by atoms with E-state index >= 15 is 0 Å². The standard InChI is InChI=1S/C27H44O4/c1-4-7-8-9-10-11-12-13-16-21-30-26(28)24-19-14-15-20-25(24)27(29)31-22-23(17-5-2)18-6-3/h14-15,19-20,23H,4-13,16-18,21-22H2,1-3H3. The highest BCUT2D eigenvalue weighted by atomic mass is 16.5. The molecular formula is C27H44O4. The lowest BCUT2D eigenvalue weighted by molar-refractivity contribution is 0.0402. The molecule has 0 aliphatic heterocycles. The predicted octanol–water partition coefficient (Wildman–Crippen LogP) is 7.75. The summed E-state index contributed by atoms with van der Waals surface area (Å²) >= 11 is 0. The van der Waals surface area contributed by atoms with Crippen molar-refractivity contribution in [1.29, 1.82) is 0 Å². The van der Waals surface area contributed by atoms with Crippen LogP contribution in [0.1, 0.15) is 125 Å². The minimum Gasteiger partial charge on any atom is -0.462 e. The average Bonchev–Trinajstić information content (AvgIpc) is 2.78. The average molecular weight is 433 g/mol. The number of carbonyl (C=O) groups is 2. The molecule has 0 bridgehead atoms. The summed E-state index contributed by atoms with van der Waals surface area (Å²) in [5.41, 5.74) is 0.595. The lowest BCUT2D eigenvalue weighted by Gasteiger charge is -2.16. The summed E-state index contributed by atoms with van der Waals surface area (Å²) in [5, 5.41) is 0. The highest BCUT2D eigenvalue weighted by Crippen LogP contribution is 2.17. The van der Waals surface area contributed by atoms with Crippen LogP contribution in [-0.2, 0) is 9.47 Å². The molecule has 1 aromatic rings. The molecule has 1 aromatic carbocycles. The summed E-state index contributed by atoms with van der Waals surface area (Å²) in [4.78, 5) is 25.1. The van der Waals surface area contributed by atoms with Crippen LogP contribution in [0.15, 0.2) is 24.3 Å². The lowest BCUT2D eigenvalue weighted by atomic mass is 9.99. The Labute approximate surface area is 190 Å². The van der Waals surface area contributed by atoms with Crippen molar-refractivity contribution in [2.45, 2.75) is 104 Å². The third kappa shape index (κ3) is 11.9. The van der Waals surface area contributed by atoms with Crippen molar-refractivity contribution < 1.29 is 19.1 Å². The third-order valence-electron chi connectivity index (χ3n) is 5.69. The number of unbranched alkanes of at least 4 members (excludes halogenated alkanes) is 8. The summed E-state index contributed by atoms with van der Waals surface area (Å²) < 4.78 is 11.0. The van der Waals surface area contributed by atoms with E-state index in [1.54, 1.807) is 24.3 Å². The van der Waals surface area contributed by atoms with Crippen LogP contribution in [0.25, 0.3) is 0 Å². The first-order chi connectivity index (χ1) is 15.1. The highest BCUT2D eigenvalue weighted by molar-refractivity contribution is 6.03. The van der Waals surface area contributed by atoms with Gasteiger partial charge < -0.3 is 9.47 Å². The Morgan fingerprint density at radius 2 is 1.16 bits per heavy atom. The first-order valence-corrected chi connectivity index (χ1v) is 12.6. The summed E-state index contributed by atoms with van der Waals surface area (Å²) in [7, 11) is 0. The first kappa shape index (κ1) is 27.2. The van der Waals surface area contributed by atoms with Crippen molar-refractivity contribution >= 4 is 11.9 Å². The molecule has 0 amide bonds. The smallest absolute Gasteiger partial charge is 0.339 e. The molecule has 0 atom stereocenters. The molecule has 0 fully saturated rings. The molecule has 0 aliphatic rings. The maximum Gasteiger partial charge on any atom is 0.339 e. The number of carbonyl (C=O) groups excluding carboxylic acids is 2. The van der Waals surface area contributed by atoms with Gasteiger partial charge in [0.15, 0.2) is 0 Å². The predicted molar refractivity (Wildman–Crippen MR) is 128 cm³/mol. The molecule has 4 nitrogen and oxygen atoms in total. The largest absolute Gasteiger partial charge is 0.462 e. The molecule has 0 aliphatic carbocycles. The lowest BCUT2D eigenvalue weighted by Crippen LogP contribution is -2.18. The number of rotatable bonds is 18. The SMILES string of the molecule is CCCCCCCCCCCOC(=O)c1ccccc1C(=O)OCC(CCC)CCC. The Bertz CT molecular complexity index is 605. The Balaban J connectivity index is 2.39. The molecule has 0 radical (unpaired) electrons. The van der Waals surface area contributed by atoms with Crippen LogP contribution in [-0.4, -0.2) is 25.2 Å². The summed E-state index contributed by atoms with van der Waals surface area (Å²) in [6.07, 6.45) is 15.2. The topological polar surface area (TPSA) is 52.6 Å². The van der Waals surface area contributed by atoms with Crippen LogP contribution in [0.5, 0.6) is 0 Å². The molecule has 176 valence electrons. The minimum atomic E-state index is -0.439.